The first kappa shape index (κ1) is 19.5. The summed E-state index contributed by atoms with van der Waals surface area (Å²) < 4.78 is 48.9. The van der Waals surface area contributed by atoms with Crippen molar-refractivity contribution in [2.45, 2.75) is 4.90 Å². The van der Waals surface area contributed by atoms with E-state index in [1.807, 2.05) is 0 Å². The van der Waals surface area contributed by atoms with Crippen molar-refractivity contribution in [3.63, 3.8) is 0 Å². The van der Waals surface area contributed by atoms with Gasteiger partial charge in [-0.05, 0) is 43.4 Å². The van der Waals surface area contributed by atoms with Crippen LogP contribution in [0.4, 0.5) is 4.39 Å². The highest BCUT2D eigenvalue weighted by Gasteiger charge is 2.18. The first-order chi connectivity index (χ1) is 12.3. The summed E-state index contributed by atoms with van der Waals surface area (Å²) in [5.41, 5.74) is -0.104. The molecule has 0 aliphatic carbocycles. The second-order valence-electron chi connectivity index (χ2n) is 5.08. The van der Waals surface area contributed by atoms with E-state index >= 15 is 0 Å². The first-order valence-electron chi connectivity index (χ1n) is 7.36. The quantitative estimate of drug-likeness (QED) is 0.580. The number of ketones is 1. The van der Waals surface area contributed by atoms with Gasteiger partial charge >= 0.3 is 5.97 Å². The van der Waals surface area contributed by atoms with Gasteiger partial charge in [-0.25, -0.2) is 22.3 Å². The number of carbonyl (C=O) groups excluding carboxylic acids is 2. The number of esters is 1. The molecular weight excluding hydrogens is 365 g/mol. The molecule has 0 amide bonds. The predicted octanol–water partition coefficient (Wildman–Crippen LogP) is 1.78. The van der Waals surface area contributed by atoms with Crippen molar-refractivity contribution >= 4 is 21.8 Å². The Kier molecular flexibility index (Phi) is 6.06. The lowest BCUT2D eigenvalue weighted by Crippen LogP contribution is -2.19. The topological polar surface area (TPSA) is 98.8 Å². The number of hydrogen-bond donors (Lipinski definition) is 1. The average Bonchev–Trinajstić information content (AvgIpc) is 2.65. The highest BCUT2D eigenvalue weighted by atomic mass is 32.2. The Bertz CT molecular complexity index is 942. The number of benzene rings is 2. The summed E-state index contributed by atoms with van der Waals surface area (Å²) in [6, 6.07) is 8.57. The van der Waals surface area contributed by atoms with Crippen LogP contribution in [0.1, 0.15) is 20.7 Å². The molecule has 0 aromatic heterocycles. The molecule has 0 saturated heterocycles. The molecule has 2 rings (SSSR count). The zero-order valence-corrected chi connectivity index (χ0v) is 14.8. The Balaban J connectivity index is 2.13. The van der Waals surface area contributed by atoms with Crippen molar-refractivity contribution in [1.29, 1.82) is 0 Å². The Morgan fingerprint density at radius 2 is 1.88 bits per heavy atom. The van der Waals surface area contributed by atoms with Crippen LogP contribution in [-0.2, 0) is 14.8 Å². The van der Waals surface area contributed by atoms with Gasteiger partial charge in [0.1, 0.15) is 11.6 Å². The van der Waals surface area contributed by atoms with Gasteiger partial charge in [0, 0.05) is 0 Å². The van der Waals surface area contributed by atoms with E-state index in [0.29, 0.717) is 0 Å². The van der Waals surface area contributed by atoms with Gasteiger partial charge in [-0.15, -0.1) is 0 Å². The van der Waals surface area contributed by atoms with Gasteiger partial charge in [0.2, 0.25) is 15.8 Å². The number of rotatable bonds is 7. The van der Waals surface area contributed by atoms with Crippen LogP contribution in [-0.4, -0.2) is 40.9 Å². The molecule has 138 valence electrons. The number of methoxy groups -OCH3 is 1. The molecule has 0 saturated carbocycles. The number of ether oxygens (including phenoxy) is 2. The fourth-order valence-corrected chi connectivity index (χ4v) is 2.87. The standard InChI is InChI=1S/C17H16FNO6S/c1-19-26(22,23)13-5-3-4-11(8-13)17(21)25-10-15(20)14-9-12(18)6-7-16(14)24-2/h3-9,19H,10H2,1-2H3. The van der Waals surface area contributed by atoms with E-state index in [0.717, 1.165) is 18.2 Å². The highest BCUT2D eigenvalue weighted by molar-refractivity contribution is 7.89. The molecule has 2 aromatic rings. The van der Waals surface area contributed by atoms with Crippen LogP contribution in [0.5, 0.6) is 5.75 Å². The zero-order chi connectivity index (χ0) is 19.3. The minimum absolute atomic E-state index is 0.0414. The molecule has 0 unspecified atom stereocenters. The molecular formula is C17H16FNO6S. The van der Waals surface area contributed by atoms with Crippen LogP contribution >= 0.6 is 0 Å². The smallest absolute Gasteiger partial charge is 0.338 e. The van der Waals surface area contributed by atoms with Gasteiger partial charge in [-0.2, -0.15) is 0 Å². The Labute approximate surface area is 149 Å². The lowest BCUT2D eigenvalue weighted by molar-refractivity contribution is 0.0473. The van der Waals surface area contributed by atoms with Gasteiger partial charge in [-0.1, -0.05) is 6.07 Å². The molecule has 26 heavy (non-hydrogen) atoms. The number of carbonyl (C=O) groups is 2. The van der Waals surface area contributed by atoms with E-state index < -0.39 is 34.2 Å². The summed E-state index contributed by atoms with van der Waals surface area (Å²) in [6.07, 6.45) is 0. The highest BCUT2D eigenvalue weighted by Crippen LogP contribution is 2.20. The summed E-state index contributed by atoms with van der Waals surface area (Å²) in [7, 11) is -1.16. The van der Waals surface area contributed by atoms with Crippen LogP contribution in [0.2, 0.25) is 0 Å². The Morgan fingerprint density at radius 3 is 2.54 bits per heavy atom. The van der Waals surface area contributed by atoms with Crippen molar-refractivity contribution in [3.8, 4) is 5.75 Å². The lowest BCUT2D eigenvalue weighted by Gasteiger charge is -2.09. The predicted molar refractivity (Wildman–Crippen MR) is 90.3 cm³/mol. The van der Waals surface area contributed by atoms with E-state index in [1.54, 1.807) is 0 Å². The fraction of sp³-hybridized carbons (Fsp3) is 0.176. The maximum absolute atomic E-state index is 13.3. The number of hydrogen-bond acceptors (Lipinski definition) is 6. The van der Waals surface area contributed by atoms with Crippen molar-refractivity contribution in [1.82, 2.24) is 4.72 Å². The van der Waals surface area contributed by atoms with Crippen molar-refractivity contribution in [2.24, 2.45) is 0 Å². The minimum Gasteiger partial charge on any atom is -0.496 e. The minimum atomic E-state index is -3.73. The van der Waals surface area contributed by atoms with Crippen molar-refractivity contribution in [3.05, 3.63) is 59.4 Å². The number of halogens is 1. The second kappa shape index (κ2) is 8.07. The number of Topliss-reactive ketones (excluding diaryl/α,β-unsaturated/α-hetero) is 1. The van der Waals surface area contributed by atoms with Crippen LogP contribution in [0.25, 0.3) is 0 Å². The van der Waals surface area contributed by atoms with E-state index in [1.165, 1.54) is 38.4 Å². The first-order valence-corrected chi connectivity index (χ1v) is 8.84. The molecule has 2 aromatic carbocycles. The van der Waals surface area contributed by atoms with Gasteiger partial charge in [0.05, 0.1) is 23.1 Å². The van der Waals surface area contributed by atoms with Gasteiger partial charge in [-0.3, -0.25) is 4.79 Å². The van der Waals surface area contributed by atoms with E-state index in [4.69, 9.17) is 9.47 Å². The molecule has 0 bridgehead atoms. The molecule has 0 atom stereocenters. The van der Waals surface area contributed by atoms with E-state index in [-0.39, 0.29) is 21.8 Å². The number of sulfonamides is 1. The molecule has 0 fully saturated rings. The fourth-order valence-electron chi connectivity index (χ4n) is 2.10. The van der Waals surface area contributed by atoms with E-state index in [9.17, 15) is 22.4 Å². The molecule has 9 heteroatoms. The van der Waals surface area contributed by atoms with Crippen LogP contribution in [0.15, 0.2) is 47.4 Å². The molecule has 7 nitrogen and oxygen atoms in total. The normalized spacial score (nSPS) is 11.0. The third-order valence-electron chi connectivity index (χ3n) is 3.45. The summed E-state index contributed by atoms with van der Waals surface area (Å²) in [5.74, 6) is -2.03. The zero-order valence-electron chi connectivity index (χ0n) is 14.0. The molecule has 0 spiro atoms. The molecule has 0 heterocycles. The average molecular weight is 381 g/mol. The maximum Gasteiger partial charge on any atom is 0.338 e. The lowest BCUT2D eigenvalue weighted by atomic mass is 10.1. The Morgan fingerprint density at radius 1 is 1.15 bits per heavy atom. The number of nitrogens with one attached hydrogen (secondary N) is 1. The van der Waals surface area contributed by atoms with Gasteiger partial charge in [0.25, 0.3) is 0 Å². The molecule has 1 N–H and O–H groups in total. The van der Waals surface area contributed by atoms with Crippen LogP contribution in [0.3, 0.4) is 0 Å². The van der Waals surface area contributed by atoms with Crippen molar-refractivity contribution in [2.75, 3.05) is 20.8 Å². The largest absolute Gasteiger partial charge is 0.496 e. The molecule has 0 radical (unpaired) electrons. The van der Waals surface area contributed by atoms with Gasteiger partial charge in [0.15, 0.2) is 6.61 Å². The third-order valence-corrected chi connectivity index (χ3v) is 4.86. The SMILES string of the molecule is CNS(=O)(=O)c1cccc(C(=O)OCC(=O)c2cc(F)ccc2OC)c1. The summed E-state index contributed by atoms with van der Waals surface area (Å²) in [6.45, 7) is -0.651. The Hall–Kier alpha value is -2.78. The summed E-state index contributed by atoms with van der Waals surface area (Å²) >= 11 is 0. The summed E-state index contributed by atoms with van der Waals surface area (Å²) in [4.78, 5) is 24.1. The van der Waals surface area contributed by atoms with Gasteiger partial charge < -0.3 is 9.47 Å². The monoisotopic (exact) mass is 381 g/mol. The molecule has 0 aliphatic heterocycles. The summed E-state index contributed by atoms with van der Waals surface area (Å²) in [5, 5.41) is 0. The van der Waals surface area contributed by atoms with E-state index in [2.05, 4.69) is 4.72 Å². The third kappa shape index (κ3) is 4.44. The van der Waals surface area contributed by atoms with Crippen molar-refractivity contribution < 1.29 is 31.9 Å². The molecule has 0 aliphatic rings. The van der Waals surface area contributed by atoms with Crippen LogP contribution < -0.4 is 9.46 Å². The van der Waals surface area contributed by atoms with Crippen LogP contribution in [0, 0.1) is 5.82 Å². The maximum atomic E-state index is 13.3. The second-order valence-corrected chi connectivity index (χ2v) is 6.97.